The molecule has 0 aliphatic rings. The molecule has 11 heteroatoms. The lowest BCUT2D eigenvalue weighted by atomic mass is 10.2. The second-order valence-corrected chi connectivity index (χ2v) is 10.2. The third-order valence-electron chi connectivity index (χ3n) is 5.28. The first kappa shape index (κ1) is 24.8. The van der Waals surface area contributed by atoms with Crippen LogP contribution < -0.4 is 19.1 Å². The molecule has 0 atom stereocenters. The number of nitrogens with one attached hydrogen (secondary N) is 1. The average Bonchev–Trinajstić information content (AvgIpc) is 3.43. The molecule has 0 saturated carbocycles. The Hall–Kier alpha value is -4.27. The summed E-state index contributed by atoms with van der Waals surface area (Å²) in [5, 5.41) is 24.8. The van der Waals surface area contributed by atoms with E-state index in [1.165, 1.54) is 47.1 Å². The number of hydrogen-bond acceptors (Lipinski definition) is 9. The maximum atomic E-state index is 13.6. The predicted molar refractivity (Wildman–Crippen MR) is 138 cm³/mol. The van der Waals surface area contributed by atoms with Crippen LogP contribution in [0, 0.1) is 11.3 Å². The number of benzene rings is 3. The molecule has 0 amide bonds. The van der Waals surface area contributed by atoms with Crippen LogP contribution in [0.1, 0.15) is 11.1 Å². The zero-order chi connectivity index (χ0) is 25.7. The van der Waals surface area contributed by atoms with E-state index < -0.39 is 10.0 Å². The fourth-order valence-electron chi connectivity index (χ4n) is 3.41. The minimum absolute atomic E-state index is 0.0447. The van der Waals surface area contributed by atoms with E-state index >= 15 is 0 Å². The van der Waals surface area contributed by atoms with Crippen LogP contribution in [0.5, 0.6) is 17.2 Å². The number of ether oxygens (including phenoxy) is 2. The Morgan fingerprint density at radius 3 is 2.42 bits per heavy atom. The number of aromatic hydroxyl groups is 1. The molecular weight excluding hydrogens is 500 g/mol. The van der Waals surface area contributed by atoms with Gasteiger partial charge in [0.05, 0.1) is 48.7 Å². The molecule has 1 heterocycles. The van der Waals surface area contributed by atoms with E-state index in [0.717, 1.165) is 5.56 Å². The number of methoxy groups -OCH3 is 2. The van der Waals surface area contributed by atoms with Gasteiger partial charge < -0.3 is 19.9 Å². The van der Waals surface area contributed by atoms with Gasteiger partial charge in [-0.05, 0) is 42.0 Å². The zero-order valence-electron chi connectivity index (χ0n) is 19.4. The highest BCUT2D eigenvalue weighted by molar-refractivity contribution is 7.93. The van der Waals surface area contributed by atoms with E-state index in [-0.39, 0.29) is 22.9 Å². The summed E-state index contributed by atoms with van der Waals surface area (Å²) in [6, 6.07) is 18.0. The van der Waals surface area contributed by atoms with E-state index in [1.54, 1.807) is 55.0 Å². The van der Waals surface area contributed by atoms with Crippen LogP contribution in [0.4, 0.5) is 16.5 Å². The monoisotopic (exact) mass is 522 g/mol. The van der Waals surface area contributed by atoms with E-state index in [0.29, 0.717) is 27.9 Å². The Bertz CT molecular complexity index is 1500. The number of nitriles is 1. The molecular formula is C25H22N4O5S2. The second kappa shape index (κ2) is 10.6. The number of phenols is 1. The van der Waals surface area contributed by atoms with Gasteiger partial charge >= 0.3 is 0 Å². The molecule has 36 heavy (non-hydrogen) atoms. The molecule has 0 saturated heterocycles. The van der Waals surface area contributed by atoms with Crippen LogP contribution in [-0.2, 0) is 16.6 Å². The summed E-state index contributed by atoms with van der Waals surface area (Å²) in [6.45, 7) is 0.0447. The minimum Gasteiger partial charge on any atom is -0.506 e. The maximum absolute atomic E-state index is 13.6. The molecule has 0 spiro atoms. The van der Waals surface area contributed by atoms with Crippen LogP contribution in [0.2, 0.25) is 0 Å². The second-order valence-electron chi connectivity index (χ2n) is 7.51. The van der Waals surface area contributed by atoms with Crippen LogP contribution in [-0.4, -0.2) is 32.7 Å². The number of anilines is 3. The Labute approximate surface area is 212 Å². The molecule has 0 radical (unpaired) electrons. The molecule has 0 fully saturated rings. The highest BCUT2D eigenvalue weighted by Gasteiger charge is 2.28. The van der Waals surface area contributed by atoms with Gasteiger partial charge in [-0.25, -0.2) is 17.7 Å². The summed E-state index contributed by atoms with van der Waals surface area (Å²) in [5.41, 5.74) is 1.94. The molecule has 184 valence electrons. The molecule has 0 aliphatic carbocycles. The van der Waals surface area contributed by atoms with Gasteiger partial charge in [0.2, 0.25) is 0 Å². The lowest BCUT2D eigenvalue weighted by Gasteiger charge is -2.22. The zero-order valence-corrected chi connectivity index (χ0v) is 21.0. The van der Waals surface area contributed by atoms with Gasteiger partial charge in [-0.3, -0.25) is 0 Å². The van der Waals surface area contributed by atoms with Crippen LogP contribution in [0.3, 0.4) is 0 Å². The van der Waals surface area contributed by atoms with Gasteiger partial charge in [0.1, 0.15) is 17.2 Å². The largest absolute Gasteiger partial charge is 0.506 e. The standard InChI is InChI=1S/C25H22N4O5S2/c1-33-19-6-3-17(4-7-19)16-29(25-27-11-12-35-25)36(31,32)20-8-10-21(23(30)14-20)28-22-9-5-18(15-26)13-24(22)34-2/h3-14,28,30H,16H2,1-2H3. The Kier molecular flexibility index (Phi) is 7.28. The van der Waals surface area contributed by atoms with Gasteiger partial charge in [-0.15, -0.1) is 11.3 Å². The van der Waals surface area contributed by atoms with Crippen molar-refractivity contribution in [3.05, 3.63) is 83.4 Å². The Morgan fingerprint density at radius 2 is 1.81 bits per heavy atom. The van der Waals surface area contributed by atoms with Crippen LogP contribution in [0.15, 0.2) is 77.1 Å². The SMILES string of the molecule is COc1ccc(CN(c2nccs2)S(=O)(=O)c2ccc(Nc3ccc(C#N)cc3OC)c(O)c2)cc1. The van der Waals surface area contributed by atoms with Crippen molar-refractivity contribution < 1.29 is 23.0 Å². The Morgan fingerprint density at radius 1 is 1.06 bits per heavy atom. The molecule has 0 aliphatic heterocycles. The number of rotatable bonds is 9. The van der Waals surface area contributed by atoms with Crippen molar-refractivity contribution in [2.75, 3.05) is 23.8 Å². The fourth-order valence-corrected chi connectivity index (χ4v) is 5.70. The van der Waals surface area contributed by atoms with Crippen molar-refractivity contribution in [3.8, 4) is 23.3 Å². The van der Waals surface area contributed by atoms with Crippen molar-refractivity contribution in [3.63, 3.8) is 0 Å². The number of sulfonamides is 1. The van der Waals surface area contributed by atoms with E-state index in [9.17, 15) is 13.5 Å². The third kappa shape index (κ3) is 5.19. The molecule has 4 rings (SSSR count). The van der Waals surface area contributed by atoms with Crippen LogP contribution >= 0.6 is 11.3 Å². The average molecular weight is 523 g/mol. The first-order chi connectivity index (χ1) is 17.3. The topological polar surface area (TPSA) is 125 Å². The first-order valence-electron chi connectivity index (χ1n) is 10.6. The number of phenolic OH excluding ortho intramolecular Hbond substituents is 1. The van der Waals surface area contributed by atoms with Crippen molar-refractivity contribution in [1.29, 1.82) is 5.26 Å². The quantitative estimate of drug-likeness (QED) is 0.298. The molecule has 2 N–H and O–H groups in total. The molecule has 1 aromatic heterocycles. The third-order valence-corrected chi connectivity index (χ3v) is 7.92. The van der Waals surface area contributed by atoms with Crippen molar-refractivity contribution in [1.82, 2.24) is 4.98 Å². The number of hydrogen-bond donors (Lipinski definition) is 2. The summed E-state index contributed by atoms with van der Waals surface area (Å²) >= 11 is 1.19. The molecule has 4 aromatic rings. The smallest absolute Gasteiger partial charge is 0.266 e. The Balaban J connectivity index is 1.65. The minimum atomic E-state index is -4.07. The number of nitrogens with zero attached hydrogens (tertiary/aromatic N) is 3. The summed E-state index contributed by atoms with van der Waals surface area (Å²) in [6.07, 6.45) is 1.53. The summed E-state index contributed by atoms with van der Waals surface area (Å²) in [7, 11) is -1.05. The summed E-state index contributed by atoms with van der Waals surface area (Å²) in [5.74, 6) is 0.792. The first-order valence-corrected chi connectivity index (χ1v) is 12.9. The maximum Gasteiger partial charge on any atom is 0.266 e. The molecule has 3 aromatic carbocycles. The highest BCUT2D eigenvalue weighted by Crippen LogP contribution is 2.35. The van der Waals surface area contributed by atoms with Crippen molar-refractivity contribution >= 4 is 37.9 Å². The van der Waals surface area contributed by atoms with Crippen molar-refractivity contribution in [2.45, 2.75) is 11.4 Å². The van der Waals surface area contributed by atoms with Gasteiger partial charge in [-0.1, -0.05) is 12.1 Å². The number of aromatic nitrogens is 1. The van der Waals surface area contributed by atoms with E-state index in [2.05, 4.69) is 10.3 Å². The highest BCUT2D eigenvalue weighted by atomic mass is 32.2. The van der Waals surface area contributed by atoms with Crippen molar-refractivity contribution in [2.24, 2.45) is 0 Å². The van der Waals surface area contributed by atoms with E-state index in [1.807, 2.05) is 6.07 Å². The molecule has 9 nitrogen and oxygen atoms in total. The van der Waals surface area contributed by atoms with Gasteiger partial charge in [-0.2, -0.15) is 5.26 Å². The lowest BCUT2D eigenvalue weighted by Crippen LogP contribution is -2.30. The molecule has 0 unspecified atom stereocenters. The van der Waals surface area contributed by atoms with Crippen LogP contribution in [0.25, 0.3) is 0 Å². The number of thiazole rings is 1. The van der Waals surface area contributed by atoms with Gasteiger partial charge in [0.15, 0.2) is 5.13 Å². The normalized spacial score (nSPS) is 10.9. The van der Waals surface area contributed by atoms with Gasteiger partial charge in [0.25, 0.3) is 10.0 Å². The summed E-state index contributed by atoms with van der Waals surface area (Å²) in [4.78, 5) is 4.10. The fraction of sp³-hybridized carbons (Fsp3) is 0.120. The molecule has 0 bridgehead atoms. The van der Waals surface area contributed by atoms with E-state index in [4.69, 9.17) is 14.7 Å². The lowest BCUT2D eigenvalue weighted by molar-refractivity contribution is 0.414. The predicted octanol–water partition coefficient (Wildman–Crippen LogP) is 4.88. The van der Waals surface area contributed by atoms with Gasteiger partial charge in [0, 0.05) is 23.7 Å². The summed E-state index contributed by atoms with van der Waals surface area (Å²) < 4.78 is 39.0.